The van der Waals surface area contributed by atoms with Crippen LogP contribution in [0.1, 0.15) is 12.1 Å². The van der Waals surface area contributed by atoms with Gasteiger partial charge in [0.25, 0.3) is 0 Å². The first-order valence-electron chi connectivity index (χ1n) is 6.62. The van der Waals surface area contributed by atoms with Crippen molar-refractivity contribution in [3.8, 4) is 12.3 Å². The Balaban J connectivity index is 2.11. The number of nitrogens with one attached hydrogen (secondary N) is 1. The van der Waals surface area contributed by atoms with Crippen LogP contribution < -0.4 is 5.32 Å². The monoisotopic (exact) mass is 305 g/mol. The van der Waals surface area contributed by atoms with Crippen molar-refractivity contribution >= 4 is 17.0 Å². The van der Waals surface area contributed by atoms with E-state index in [0.717, 1.165) is 0 Å². The van der Waals surface area contributed by atoms with E-state index in [9.17, 15) is 10.2 Å². The van der Waals surface area contributed by atoms with Crippen LogP contribution in [0.5, 0.6) is 0 Å². The Kier molecular flexibility index (Phi) is 3.67. The summed E-state index contributed by atoms with van der Waals surface area (Å²) in [6.07, 6.45) is 2.52. The van der Waals surface area contributed by atoms with Crippen LogP contribution >= 0.6 is 0 Å². The molecule has 0 radical (unpaired) electrons. The minimum Gasteiger partial charge on any atom is -0.394 e. The average molecular weight is 305 g/mol. The van der Waals surface area contributed by atoms with Gasteiger partial charge in [0.15, 0.2) is 23.2 Å². The highest BCUT2D eigenvalue weighted by Crippen LogP contribution is 2.32. The van der Waals surface area contributed by atoms with E-state index in [2.05, 4.69) is 26.2 Å². The minimum absolute atomic E-state index is 0.158. The number of rotatable bonds is 3. The Morgan fingerprint density at radius 1 is 1.41 bits per heavy atom. The van der Waals surface area contributed by atoms with Crippen molar-refractivity contribution in [1.29, 1.82) is 0 Å². The number of hydrogen-bond donors (Lipinski definition) is 4. The second kappa shape index (κ2) is 5.51. The second-order valence-electron chi connectivity index (χ2n) is 4.84. The van der Waals surface area contributed by atoms with Gasteiger partial charge < -0.3 is 25.4 Å². The molecule has 22 heavy (non-hydrogen) atoms. The molecule has 4 N–H and O–H groups in total. The molecule has 0 aliphatic carbocycles. The average Bonchev–Trinajstić information content (AvgIpc) is 3.08. The van der Waals surface area contributed by atoms with Gasteiger partial charge in [-0.3, -0.25) is 4.57 Å². The molecule has 0 spiro atoms. The van der Waals surface area contributed by atoms with E-state index >= 15 is 0 Å². The normalized spacial score (nSPS) is 28.0. The largest absolute Gasteiger partial charge is 0.394 e. The predicted octanol–water partition coefficient (Wildman–Crippen LogP) is -1.54. The third kappa shape index (κ3) is 2.10. The molecule has 0 amide bonds. The van der Waals surface area contributed by atoms with Gasteiger partial charge in [0.2, 0.25) is 5.82 Å². The number of imidazole rings is 1. The molecule has 0 saturated carbocycles. The quantitative estimate of drug-likeness (QED) is 0.503. The van der Waals surface area contributed by atoms with Crippen molar-refractivity contribution in [2.75, 3.05) is 19.0 Å². The lowest BCUT2D eigenvalue weighted by Crippen LogP contribution is -2.33. The molecule has 2 aromatic rings. The van der Waals surface area contributed by atoms with Crippen molar-refractivity contribution < 1.29 is 20.1 Å². The molecule has 4 unspecified atom stereocenters. The van der Waals surface area contributed by atoms with E-state index in [1.807, 2.05) is 0 Å². The van der Waals surface area contributed by atoms with Crippen LogP contribution in [0.2, 0.25) is 0 Å². The smallest absolute Gasteiger partial charge is 0.208 e. The van der Waals surface area contributed by atoms with Gasteiger partial charge in [0.05, 0.1) is 12.9 Å². The van der Waals surface area contributed by atoms with Crippen LogP contribution in [0.4, 0.5) is 5.82 Å². The van der Waals surface area contributed by atoms with Crippen LogP contribution in [0.3, 0.4) is 0 Å². The fraction of sp³-hybridized carbons (Fsp3) is 0.462. The van der Waals surface area contributed by atoms with Gasteiger partial charge in [-0.25, -0.2) is 15.0 Å². The molecule has 2 aromatic heterocycles. The van der Waals surface area contributed by atoms with Gasteiger partial charge in [-0.2, -0.15) is 0 Å². The molecular weight excluding hydrogens is 290 g/mol. The lowest BCUT2D eigenvalue weighted by Gasteiger charge is -2.16. The first-order valence-corrected chi connectivity index (χ1v) is 6.62. The maximum atomic E-state index is 10.1. The summed E-state index contributed by atoms with van der Waals surface area (Å²) in [4.78, 5) is 12.5. The first-order chi connectivity index (χ1) is 10.6. The maximum absolute atomic E-state index is 10.1. The van der Waals surface area contributed by atoms with Crippen LogP contribution in [-0.4, -0.2) is 66.8 Å². The molecule has 1 aliphatic heterocycles. The van der Waals surface area contributed by atoms with E-state index in [1.54, 1.807) is 7.05 Å². The standard InChI is InChI=1S/C13H15N5O4/c1-3-7-16-11(14-2)8-12(17-7)18(5-15-8)13-10(21)9(20)6(4-19)22-13/h1,5-6,9-10,13,19-21H,4H2,2H3,(H,14,16,17). The highest BCUT2D eigenvalue weighted by Gasteiger charge is 2.44. The van der Waals surface area contributed by atoms with Crippen molar-refractivity contribution in [2.24, 2.45) is 0 Å². The topological polar surface area (TPSA) is 126 Å². The molecule has 4 atom stereocenters. The molecule has 9 nitrogen and oxygen atoms in total. The Bertz CT molecular complexity index is 740. The van der Waals surface area contributed by atoms with Crippen LogP contribution in [0.15, 0.2) is 6.33 Å². The van der Waals surface area contributed by atoms with E-state index in [4.69, 9.17) is 16.3 Å². The Morgan fingerprint density at radius 3 is 2.77 bits per heavy atom. The Morgan fingerprint density at radius 2 is 2.18 bits per heavy atom. The summed E-state index contributed by atoms with van der Waals surface area (Å²) >= 11 is 0. The molecule has 0 bridgehead atoms. The summed E-state index contributed by atoms with van der Waals surface area (Å²) in [5.74, 6) is 2.95. The third-order valence-corrected chi connectivity index (χ3v) is 3.58. The summed E-state index contributed by atoms with van der Waals surface area (Å²) in [7, 11) is 1.67. The number of aliphatic hydroxyl groups is 3. The zero-order valence-electron chi connectivity index (χ0n) is 11.7. The number of anilines is 1. The molecule has 1 fully saturated rings. The van der Waals surface area contributed by atoms with Gasteiger partial charge in [0.1, 0.15) is 18.3 Å². The van der Waals surface area contributed by atoms with Crippen molar-refractivity contribution in [3.63, 3.8) is 0 Å². The summed E-state index contributed by atoms with van der Waals surface area (Å²) in [5.41, 5.74) is 0.821. The Hall–Kier alpha value is -2.25. The summed E-state index contributed by atoms with van der Waals surface area (Å²) in [6, 6.07) is 0. The van der Waals surface area contributed by atoms with E-state index in [0.29, 0.717) is 17.0 Å². The number of nitrogens with zero attached hydrogens (tertiary/aromatic N) is 4. The van der Waals surface area contributed by atoms with Crippen molar-refractivity contribution in [3.05, 3.63) is 12.2 Å². The molecule has 1 aliphatic rings. The molecule has 3 rings (SSSR count). The lowest BCUT2D eigenvalue weighted by molar-refractivity contribution is -0.0511. The number of terminal acetylenes is 1. The SMILES string of the molecule is C#Cc1nc(NC)c2ncn(C3OC(CO)C(O)C3O)c2n1. The van der Waals surface area contributed by atoms with E-state index in [1.165, 1.54) is 10.9 Å². The maximum Gasteiger partial charge on any atom is 0.208 e. The molecular formula is C13H15N5O4. The third-order valence-electron chi connectivity index (χ3n) is 3.58. The van der Waals surface area contributed by atoms with Gasteiger partial charge >= 0.3 is 0 Å². The Labute approximate surface area is 125 Å². The van der Waals surface area contributed by atoms with E-state index < -0.39 is 31.1 Å². The molecule has 0 aromatic carbocycles. The highest BCUT2D eigenvalue weighted by atomic mass is 16.6. The van der Waals surface area contributed by atoms with Crippen molar-refractivity contribution in [1.82, 2.24) is 19.5 Å². The van der Waals surface area contributed by atoms with Gasteiger partial charge in [-0.05, 0) is 5.92 Å². The predicted molar refractivity (Wildman–Crippen MR) is 75.8 cm³/mol. The first kappa shape index (κ1) is 14.7. The molecule has 116 valence electrons. The van der Waals surface area contributed by atoms with E-state index in [-0.39, 0.29) is 5.82 Å². The van der Waals surface area contributed by atoms with Crippen LogP contribution in [-0.2, 0) is 4.74 Å². The van der Waals surface area contributed by atoms with Crippen LogP contribution in [0, 0.1) is 12.3 Å². The number of aliphatic hydroxyl groups excluding tert-OH is 3. The van der Waals surface area contributed by atoms with Gasteiger partial charge in [-0.1, -0.05) is 0 Å². The number of fused-ring (bicyclic) bond motifs is 1. The summed E-state index contributed by atoms with van der Waals surface area (Å²) < 4.78 is 6.94. The molecule has 1 saturated heterocycles. The van der Waals surface area contributed by atoms with Crippen molar-refractivity contribution in [2.45, 2.75) is 24.5 Å². The van der Waals surface area contributed by atoms with Crippen LogP contribution in [0.25, 0.3) is 11.2 Å². The lowest BCUT2D eigenvalue weighted by atomic mass is 10.1. The molecule has 3 heterocycles. The zero-order chi connectivity index (χ0) is 15.9. The second-order valence-corrected chi connectivity index (χ2v) is 4.84. The minimum atomic E-state index is -1.23. The summed E-state index contributed by atoms with van der Waals surface area (Å²) in [6.45, 7) is -0.409. The van der Waals surface area contributed by atoms with Gasteiger partial charge in [0, 0.05) is 7.05 Å². The number of aromatic nitrogens is 4. The fourth-order valence-electron chi connectivity index (χ4n) is 2.45. The fourth-order valence-corrected chi connectivity index (χ4v) is 2.45. The number of hydrogen-bond acceptors (Lipinski definition) is 8. The number of ether oxygens (including phenoxy) is 1. The summed E-state index contributed by atoms with van der Waals surface area (Å²) in [5, 5.41) is 32.0. The molecule has 9 heteroatoms. The van der Waals surface area contributed by atoms with Gasteiger partial charge in [-0.15, -0.1) is 6.42 Å². The highest BCUT2D eigenvalue weighted by molar-refractivity contribution is 5.83. The zero-order valence-corrected chi connectivity index (χ0v) is 11.7.